The number of hydrogen-bond donors (Lipinski definition) is 1. The number of benzene rings is 1. The summed E-state index contributed by atoms with van der Waals surface area (Å²) in [4.78, 5) is 8.58. The first-order valence-corrected chi connectivity index (χ1v) is 5.34. The molecule has 0 fully saturated rings. The van der Waals surface area contributed by atoms with Crippen LogP contribution in [0, 0.1) is 12.7 Å². The van der Waals surface area contributed by atoms with Crippen LogP contribution in [0.3, 0.4) is 0 Å². The van der Waals surface area contributed by atoms with Crippen molar-refractivity contribution in [2.75, 3.05) is 6.54 Å². The molecule has 0 saturated heterocycles. The smallest absolute Gasteiger partial charge is 0.149 e. The van der Waals surface area contributed by atoms with E-state index in [0.717, 1.165) is 17.5 Å². The third-order valence-corrected chi connectivity index (χ3v) is 2.52. The molecule has 0 amide bonds. The van der Waals surface area contributed by atoms with Crippen LogP contribution in [0.15, 0.2) is 18.2 Å². The van der Waals surface area contributed by atoms with Gasteiger partial charge >= 0.3 is 0 Å². The highest BCUT2D eigenvalue weighted by atomic mass is 19.1. The average molecular weight is 219 g/mol. The van der Waals surface area contributed by atoms with Crippen molar-refractivity contribution in [1.29, 1.82) is 0 Å². The predicted octanol–water partition coefficient (Wildman–Crippen LogP) is 1.97. The van der Waals surface area contributed by atoms with Crippen molar-refractivity contribution in [3.05, 3.63) is 35.5 Å². The van der Waals surface area contributed by atoms with Crippen LogP contribution >= 0.6 is 0 Å². The molecule has 0 aliphatic heterocycles. The molecule has 2 aromatic rings. The van der Waals surface area contributed by atoms with Crippen molar-refractivity contribution < 1.29 is 4.39 Å². The van der Waals surface area contributed by atoms with Gasteiger partial charge in [-0.25, -0.2) is 14.4 Å². The SMILES string of the molecule is Cc1nc(CCCN)nc2c(F)cccc12. The summed E-state index contributed by atoms with van der Waals surface area (Å²) in [6, 6.07) is 4.93. The Kier molecular flexibility index (Phi) is 3.10. The molecule has 0 aliphatic rings. The Labute approximate surface area is 93.5 Å². The molecule has 84 valence electrons. The standard InChI is InChI=1S/C12H14FN3/c1-8-9-4-2-5-10(13)12(9)16-11(15-8)6-3-7-14/h2,4-5H,3,6-7,14H2,1H3. The third kappa shape index (κ3) is 2.02. The molecule has 2 N–H and O–H groups in total. The van der Waals surface area contributed by atoms with Gasteiger partial charge < -0.3 is 5.73 Å². The number of nitrogens with two attached hydrogens (primary N) is 1. The number of aromatic nitrogens is 2. The molecule has 0 unspecified atom stereocenters. The zero-order valence-electron chi connectivity index (χ0n) is 9.20. The van der Waals surface area contributed by atoms with E-state index < -0.39 is 0 Å². The van der Waals surface area contributed by atoms with Crippen molar-refractivity contribution in [3.8, 4) is 0 Å². The van der Waals surface area contributed by atoms with E-state index in [0.29, 0.717) is 24.3 Å². The second-order valence-electron chi connectivity index (χ2n) is 3.75. The van der Waals surface area contributed by atoms with Gasteiger partial charge in [0, 0.05) is 17.5 Å². The molecule has 0 aliphatic carbocycles. The Morgan fingerprint density at radius 1 is 1.31 bits per heavy atom. The van der Waals surface area contributed by atoms with Crippen molar-refractivity contribution in [2.24, 2.45) is 5.73 Å². The van der Waals surface area contributed by atoms with E-state index in [2.05, 4.69) is 9.97 Å². The molecule has 16 heavy (non-hydrogen) atoms. The molecule has 0 bridgehead atoms. The number of rotatable bonds is 3. The fourth-order valence-corrected chi connectivity index (χ4v) is 1.70. The monoisotopic (exact) mass is 219 g/mol. The maximum absolute atomic E-state index is 13.6. The van der Waals surface area contributed by atoms with Crippen molar-refractivity contribution in [3.63, 3.8) is 0 Å². The second kappa shape index (κ2) is 4.53. The minimum absolute atomic E-state index is 0.294. The van der Waals surface area contributed by atoms with E-state index in [-0.39, 0.29) is 5.82 Å². The Morgan fingerprint density at radius 2 is 2.12 bits per heavy atom. The number of halogens is 1. The average Bonchev–Trinajstić information content (AvgIpc) is 2.28. The van der Waals surface area contributed by atoms with Crippen LogP contribution in [0.1, 0.15) is 17.9 Å². The molecule has 0 atom stereocenters. The van der Waals surface area contributed by atoms with Crippen LogP contribution in [-0.4, -0.2) is 16.5 Å². The van der Waals surface area contributed by atoms with Crippen molar-refractivity contribution in [2.45, 2.75) is 19.8 Å². The van der Waals surface area contributed by atoms with E-state index in [1.54, 1.807) is 6.07 Å². The van der Waals surface area contributed by atoms with Gasteiger partial charge in [0.2, 0.25) is 0 Å². The lowest BCUT2D eigenvalue weighted by molar-refractivity contribution is 0.634. The fourth-order valence-electron chi connectivity index (χ4n) is 1.70. The summed E-state index contributed by atoms with van der Waals surface area (Å²) >= 11 is 0. The van der Waals surface area contributed by atoms with Crippen LogP contribution in [0.2, 0.25) is 0 Å². The Balaban J connectivity index is 2.52. The molecule has 0 radical (unpaired) electrons. The third-order valence-electron chi connectivity index (χ3n) is 2.52. The Morgan fingerprint density at radius 3 is 2.88 bits per heavy atom. The minimum Gasteiger partial charge on any atom is -0.330 e. The molecule has 1 heterocycles. The normalized spacial score (nSPS) is 10.9. The van der Waals surface area contributed by atoms with Crippen molar-refractivity contribution in [1.82, 2.24) is 9.97 Å². The van der Waals surface area contributed by atoms with Gasteiger partial charge in [0.15, 0.2) is 0 Å². The molecular formula is C12H14FN3. The zero-order chi connectivity index (χ0) is 11.5. The first-order valence-electron chi connectivity index (χ1n) is 5.34. The lowest BCUT2D eigenvalue weighted by Crippen LogP contribution is -2.05. The van der Waals surface area contributed by atoms with Gasteiger partial charge in [-0.05, 0) is 26.0 Å². The molecule has 1 aromatic heterocycles. The van der Waals surface area contributed by atoms with Crippen LogP contribution < -0.4 is 5.73 Å². The summed E-state index contributed by atoms with van der Waals surface area (Å²) in [5.74, 6) is 0.373. The molecule has 0 saturated carbocycles. The number of para-hydroxylation sites is 1. The summed E-state index contributed by atoms with van der Waals surface area (Å²) in [7, 11) is 0. The summed E-state index contributed by atoms with van der Waals surface area (Å²) in [6.45, 7) is 2.47. The van der Waals surface area contributed by atoms with E-state index in [1.165, 1.54) is 6.07 Å². The molecule has 1 aromatic carbocycles. The Hall–Kier alpha value is -1.55. The summed E-state index contributed by atoms with van der Waals surface area (Å²) < 4.78 is 13.6. The first-order chi connectivity index (χ1) is 7.72. The van der Waals surface area contributed by atoms with Gasteiger partial charge in [-0.15, -0.1) is 0 Å². The second-order valence-corrected chi connectivity index (χ2v) is 3.75. The molecule has 3 nitrogen and oxygen atoms in total. The van der Waals surface area contributed by atoms with Crippen molar-refractivity contribution >= 4 is 10.9 Å². The van der Waals surface area contributed by atoms with Gasteiger partial charge in [0.25, 0.3) is 0 Å². The highest BCUT2D eigenvalue weighted by molar-refractivity contribution is 5.81. The molecular weight excluding hydrogens is 205 g/mol. The maximum Gasteiger partial charge on any atom is 0.149 e. The molecule has 4 heteroatoms. The fraction of sp³-hybridized carbons (Fsp3) is 0.333. The minimum atomic E-state index is -0.294. The molecule has 0 spiro atoms. The van der Waals surface area contributed by atoms with E-state index in [9.17, 15) is 4.39 Å². The van der Waals surface area contributed by atoms with Crippen LogP contribution in [0.25, 0.3) is 10.9 Å². The van der Waals surface area contributed by atoms with Gasteiger partial charge in [-0.2, -0.15) is 0 Å². The van der Waals surface area contributed by atoms with Crippen LogP contribution in [0.4, 0.5) is 4.39 Å². The van der Waals surface area contributed by atoms with Gasteiger partial charge in [0.1, 0.15) is 17.2 Å². The predicted molar refractivity (Wildman–Crippen MR) is 61.6 cm³/mol. The summed E-state index contributed by atoms with van der Waals surface area (Å²) in [6.07, 6.45) is 1.51. The maximum atomic E-state index is 13.6. The van der Waals surface area contributed by atoms with Gasteiger partial charge in [-0.1, -0.05) is 12.1 Å². The van der Waals surface area contributed by atoms with E-state index in [1.807, 2.05) is 13.0 Å². The highest BCUT2D eigenvalue weighted by Gasteiger charge is 2.07. The lowest BCUT2D eigenvalue weighted by atomic mass is 10.2. The zero-order valence-corrected chi connectivity index (χ0v) is 9.20. The lowest BCUT2D eigenvalue weighted by Gasteiger charge is -2.05. The van der Waals surface area contributed by atoms with Crippen LogP contribution in [0.5, 0.6) is 0 Å². The highest BCUT2D eigenvalue weighted by Crippen LogP contribution is 2.18. The van der Waals surface area contributed by atoms with Gasteiger partial charge in [0.05, 0.1) is 0 Å². The van der Waals surface area contributed by atoms with Crippen LogP contribution in [-0.2, 0) is 6.42 Å². The summed E-state index contributed by atoms with van der Waals surface area (Å²) in [5, 5.41) is 0.775. The Bertz CT molecular complexity index is 511. The number of aryl methyl sites for hydroxylation is 2. The topological polar surface area (TPSA) is 51.8 Å². The van der Waals surface area contributed by atoms with E-state index in [4.69, 9.17) is 5.73 Å². The largest absolute Gasteiger partial charge is 0.330 e. The van der Waals surface area contributed by atoms with Gasteiger partial charge in [-0.3, -0.25) is 0 Å². The number of fused-ring (bicyclic) bond motifs is 1. The number of nitrogens with zero attached hydrogens (tertiary/aromatic N) is 2. The molecule has 2 rings (SSSR count). The van der Waals surface area contributed by atoms with E-state index >= 15 is 0 Å². The number of hydrogen-bond acceptors (Lipinski definition) is 3. The quantitative estimate of drug-likeness (QED) is 0.858. The summed E-state index contributed by atoms with van der Waals surface area (Å²) in [5.41, 5.74) is 6.65. The first kappa shape index (κ1) is 11.0.